The molecule has 0 aliphatic rings. The molecule has 5 heteroatoms. The number of rotatable bonds is 4. The first-order valence-electron chi connectivity index (χ1n) is 7.14. The Balaban J connectivity index is 3.19. The molecular formula is C16H28N2O2S. The average molecular weight is 312 g/mol. The largest absolute Gasteiger partial charge is 0.398 e. The number of sulfonamides is 1. The van der Waals surface area contributed by atoms with Crippen molar-refractivity contribution in [1.29, 1.82) is 0 Å². The molecule has 0 spiro atoms. The van der Waals surface area contributed by atoms with Crippen molar-refractivity contribution >= 4 is 15.7 Å². The molecule has 0 aromatic heterocycles. The van der Waals surface area contributed by atoms with Gasteiger partial charge in [0, 0.05) is 11.2 Å². The van der Waals surface area contributed by atoms with E-state index in [1.165, 1.54) is 0 Å². The van der Waals surface area contributed by atoms with Gasteiger partial charge in [0.25, 0.3) is 0 Å². The molecule has 0 saturated carbocycles. The van der Waals surface area contributed by atoms with Crippen LogP contribution in [0.25, 0.3) is 0 Å². The summed E-state index contributed by atoms with van der Waals surface area (Å²) in [4.78, 5) is 0.266. The number of hydrogen-bond acceptors (Lipinski definition) is 3. The fourth-order valence-electron chi connectivity index (χ4n) is 2.91. The highest BCUT2D eigenvalue weighted by molar-refractivity contribution is 7.89. The van der Waals surface area contributed by atoms with Gasteiger partial charge in [-0.15, -0.1) is 0 Å². The molecule has 0 fully saturated rings. The Labute approximate surface area is 129 Å². The van der Waals surface area contributed by atoms with Crippen molar-refractivity contribution < 1.29 is 8.42 Å². The second-order valence-corrected chi connectivity index (χ2v) is 9.35. The van der Waals surface area contributed by atoms with E-state index in [1.54, 1.807) is 19.1 Å². The molecule has 0 atom stereocenters. The van der Waals surface area contributed by atoms with Gasteiger partial charge in [-0.25, -0.2) is 13.1 Å². The van der Waals surface area contributed by atoms with E-state index in [-0.39, 0.29) is 10.3 Å². The molecule has 3 N–H and O–H groups in total. The third-order valence-corrected chi connectivity index (χ3v) is 5.04. The molecule has 0 aliphatic heterocycles. The highest BCUT2D eigenvalue weighted by Gasteiger charge is 2.31. The third kappa shape index (κ3) is 5.00. The Morgan fingerprint density at radius 3 is 2.10 bits per heavy atom. The Hall–Kier alpha value is -1.07. The van der Waals surface area contributed by atoms with Crippen LogP contribution >= 0.6 is 0 Å². The number of nitrogen functional groups attached to an aromatic ring is 1. The van der Waals surface area contributed by atoms with E-state index < -0.39 is 15.6 Å². The standard InChI is InChI=1S/C16H28N2O2S/c1-11-8-13(17)12(2)14(9-11)21(19,20)18-16(6,7)10-15(3,4)5/h8-9,18H,10,17H2,1-7H3. The van der Waals surface area contributed by atoms with Crippen LogP contribution in [0.1, 0.15) is 52.2 Å². The van der Waals surface area contributed by atoms with Crippen molar-refractivity contribution in [3.63, 3.8) is 0 Å². The number of nitrogens with two attached hydrogens (primary N) is 1. The summed E-state index contributed by atoms with van der Waals surface area (Å²) in [5, 5.41) is 0. The van der Waals surface area contributed by atoms with Gasteiger partial charge >= 0.3 is 0 Å². The van der Waals surface area contributed by atoms with Crippen LogP contribution in [0.4, 0.5) is 5.69 Å². The van der Waals surface area contributed by atoms with Gasteiger partial charge < -0.3 is 5.73 Å². The second-order valence-electron chi connectivity index (χ2n) is 7.70. The summed E-state index contributed by atoms with van der Waals surface area (Å²) in [6, 6.07) is 3.45. The first kappa shape index (κ1) is 18.0. The number of hydrogen-bond donors (Lipinski definition) is 2. The Morgan fingerprint density at radius 1 is 1.10 bits per heavy atom. The van der Waals surface area contributed by atoms with Crippen LogP contribution in [0, 0.1) is 19.3 Å². The van der Waals surface area contributed by atoms with Gasteiger partial charge in [-0.3, -0.25) is 0 Å². The van der Waals surface area contributed by atoms with Gasteiger partial charge in [-0.2, -0.15) is 0 Å². The smallest absolute Gasteiger partial charge is 0.241 e. The van der Waals surface area contributed by atoms with Crippen LogP contribution in [-0.2, 0) is 10.0 Å². The molecule has 0 saturated heterocycles. The van der Waals surface area contributed by atoms with E-state index in [9.17, 15) is 8.42 Å². The van der Waals surface area contributed by atoms with Crippen LogP contribution in [0.15, 0.2) is 17.0 Å². The fourth-order valence-corrected chi connectivity index (χ4v) is 4.68. The Kier molecular flexibility index (Phi) is 4.81. The van der Waals surface area contributed by atoms with Crippen LogP contribution in [0.2, 0.25) is 0 Å². The summed E-state index contributed by atoms with van der Waals surface area (Å²) in [6.45, 7) is 13.7. The first-order valence-corrected chi connectivity index (χ1v) is 8.63. The summed E-state index contributed by atoms with van der Waals surface area (Å²) in [7, 11) is -3.60. The lowest BCUT2D eigenvalue weighted by Crippen LogP contribution is -2.45. The van der Waals surface area contributed by atoms with Crippen molar-refractivity contribution in [1.82, 2.24) is 4.72 Å². The van der Waals surface area contributed by atoms with Crippen molar-refractivity contribution in [2.45, 2.75) is 65.3 Å². The van der Waals surface area contributed by atoms with Crippen LogP contribution in [0.5, 0.6) is 0 Å². The number of benzene rings is 1. The van der Waals surface area contributed by atoms with E-state index in [0.29, 0.717) is 11.3 Å². The van der Waals surface area contributed by atoms with E-state index in [4.69, 9.17) is 5.73 Å². The summed E-state index contributed by atoms with van der Waals surface area (Å²) in [6.07, 6.45) is 0.736. The maximum absolute atomic E-state index is 12.7. The normalized spacial score (nSPS) is 13.5. The zero-order chi connectivity index (χ0) is 16.6. The summed E-state index contributed by atoms with van der Waals surface area (Å²) < 4.78 is 28.2. The summed E-state index contributed by atoms with van der Waals surface area (Å²) in [5.41, 5.74) is 7.34. The van der Waals surface area contributed by atoms with E-state index in [2.05, 4.69) is 25.5 Å². The lowest BCUT2D eigenvalue weighted by molar-refractivity contribution is 0.269. The quantitative estimate of drug-likeness (QED) is 0.837. The SMILES string of the molecule is Cc1cc(N)c(C)c(S(=O)(=O)NC(C)(C)CC(C)(C)C)c1. The predicted molar refractivity (Wildman–Crippen MR) is 88.8 cm³/mol. The van der Waals surface area contributed by atoms with E-state index >= 15 is 0 Å². The van der Waals surface area contributed by atoms with E-state index in [1.807, 2.05) is 20.8 Å². The molecule has 0 heterocycles. The molecule has 1 aromatic rings. The first-order chi connectivity index (χ1) is 9.23. The average Bonchev–Trinajstić information content (AvgIpc) is 2.17. The fraction of sp³-hybridized carbons (Fsp3) is 0.625. The van der Waals surface area contributed by atoms with Gasteiger partial charge in [0.15, 0.2) is 0 Å². The lowest BCUT2D eigenvalue weighted by atomic mass is 9.82. The lowest BCUT2D eigenvalue weighted by Gasteiger charge is -2.33. The van der Waals surface area contributed by atoms with Gasteiger partial charge in [0.05, 0.1) is 4.90 Å². The van der Waals surface area contributed by atoms with Crippen LogP contribution in [-0.4, -0.2) is 14.0 Å². The molecule has 0 radical (unpaired) electrons. The third-order valence-electron chi connectivity index (χ3n) is 3.22. The molecule has 120 valence electrons. The molecule has 1 rings (SSSR count). The topological polar surface area (TPSA) is 72.2 Å². The number of nitrogens with one attached hydrogen (secondary N) is 1. The molecule has 0 aliphatic carbocycles. The van der Waals surface area contributed by atoms with Crippen molar-refractivity contribution in [3.05, 3.63) is 23.3 Å². The molecule has 0 unspecified atom stereocenters. The minimum atomic E-state index is -3.60. The minimum Gasteiger partial charge on any atom is -0.398 e. The Bertz CT molecular complexity index is 626. The summed E-state index contributed by atoms with van der Waals surface area (Å²) in [5.74, 6) is 0. The zero-order valence-electron chi connectivity index (χ0n) is 14.2. The van der Waals surface area contributed by atoms with Crippen molar-refractivity contribution in [3.8, 4) is 0 Å². The minimum absolute atomic E-state index is 0.0344. The molecule has 0 amide bonds. The van der Waals surface area contributed by atoms with Gasteiger partial charge in [0.1, 0.15) is 0 Å². The Morgan fingerprint density at radius 2 is 1.62 bits per heavy atom. The molecule has 0 bridgehead atoms. The molecule has 21 heavy (non-hydrogen) atoms. The van der Waals surface area contributed by atoms with Gasteiger partial charge in [-0.05, 0) is 62.8 Å². The molecular weight excluding hydrogens is 284 g/mol. The van der Waals surface area contributed by atoms with Gasteiger partial charge in [0.2, 0.25) is 10.0 Å². The second kappa shape index (κ2) is 5.61. The number of aryl methyl sites for hydroxylation is 1. The molecule has 4 nitrogen and oxygen atoms in total. The van der Waals surface area contributed by atoms with Crippen molar-refractivity contribution in [2.75, 3.05) is 5.73 Å². The predicted octanol–water partition coefficient (Wildman–Crippen LogP) is 3.38. The number of anilines is 1. The van der Waals surface area contributed by atoms with Gasteiger partial charge in [-0.1, -0.05) is 20.8 Å². The highest BCUT2D eigenvalue weighted by atomic mass is 32.2. The molecule has 1 aromatic carbocycles. The van der Waals surface area contributed by atoms with Crippen molar-refractivity contribution in [2.24, 2.45) is 5.41 Å². The van der Waals surface area contributed by atoms with E-state index in [0.717, 1.165) is 12.0 Å². The monoisotopic (exact) mass is 312 g/mol. The maximum atomic E-state index is 12.7. The summed E-state index contributed by atoms with van der Waals surface area (Å²) >= 11 is 0. The zero-order valence-corrected chi connectivity index (χ0v) is 15.0. The maximum Gasteiger partial charge on any atom is 0.241 e. The van der Waals surface area contributed by atoms with Crippen LogP contribution < -0.4 is 10.5 Å². The van der Waals surface area contributed by atoms with Crippen LogP contribution in [0.3, 0.4) is 0 Å². The highest BCUT2D eigenvalue weighted by Crippen LogP contribution is 2.29.